The minimum atomic E-state index is -0.331. The van der Waals surface area contributed by atoms with Gasteiger partial charge in [-0.2, -0.15) is 0 Å². The number of hydrogen-bond donors (Lipinski definition) is 0. The zero-order valence-corrected chi connectivity index (χ0v) is 10.0. The summed E-state index contributed by atoms with van der Waals surface area (Å²) in [4.78, 5) is 11.5. The van der Waals surface area contributed by atoms with E-state index in [-0.39, 0.29) is 17.5 Å². The summed E-state index contributed by atoms with van der Waals surface area (Å²) in [6.07, 6.45) is 4.33. The van der Waals surface area contributed by atoms with Crippen LogP contribution in [0.15, 0.2) is 18.2 Å². The van der Waals surface area contributed by atoms with Gasteiger partial charge in [0.05, 0.1) is 7.11 Å². The monoisotopic (exact) mass is 236 g/mol. The van der Waals surface area contributed by atoms with E-state index < -0.39 is 0 Å². The van der Waals surface area contributed by atoms with Crippen LogP contribution in [0.3, 0.4) is 0 Å². The molecule has 1 aliphatic rings. The summed E-state index contributed by atoms with van der Waals surface area (Å²) in [6.45, 7) is 0. The molecule has 1 aromatic rings. The highest BCUT2D eigenvalue weighted by Gasteiger charge is 2.23. The molecule has 0 aromatic heterocycles. The summed E-state index contributed by atoms with van der Waals surface area (Å²) >= 11 is 0. The number of ketones is 1. The van der Waals surface area contributed by atoms with E-state index in [9.17, 15) is 9.18 Å². The third-order valence-corrected chi connectivity index (χ3v) is 3.43. The second kappa shape index (κ2) is 5.30. The summed E-state index contributed by atoms with van der Waals surface area (Å²) in [5, 5.41) is 0. The Morgan fingerprint density at radius 1 is 1.47 bits per heavy atom. The fraction of sp³-hybridized carbons (Fsp3) is 0.500. The summed E-state index contributed by atoms with van der Waals surface area (Å²) in [7, 11) is 1.45. The second-order valence-electron chi connectivity index (χ2n) is 4.56. The fourth-order valence-corrected chi connectivity index (χ4v) is 2.40. The SMILES string of the molecule is COc1ccc(CCC2CCCC2=O)cc1F. The molecule has 0 saturated heterocycles. The lowest BCUT2D eigenvalue weighted by molar-refractivity contribution is -0.120. The van der Waals surface area contributed by atoms with Crippen LogP contribution in [0, 0.1) is 11.7 Å². The molecule has 0 spiro atoms. The Balaban J connectivity index is 1.95. The van der Waals surface area contributed by atoms with Crippen LogP contribution in [-0.2, 0) is 11.2 Å². The van der Waals surface area contributed by atoms with Gasteiger partial charge in [-0.25, -0.2) is 4.39 Å². The highest BCUT2D eigenvalue weighted by Crippen LogP contribution is 2.26. The van der Waals surface area contributed by atoms with Gasteiger partial charge >= 0.3 is 0 Å². The number of Topliss-reactive ketones (excluding diaryl/α,β-unsaturated/α-hetero) is 1. The van der Waals surface area contributed by atoms with Crippen LogP contribution in [0.2, 0.25) is 0 Å². The molecule has 0 N–H and O–H groups in total. The molecule has 1 fully saturated rings. The fourth-order valence-electron chi connectivity index (χ4n) is 2.40. The van der Waals surface area contributed by atoms with Crippen LogP contribution < -0.4 is 4.74 Å². The maximum Gasteiger partial charge on any atom is 0.165 e. The Morgan fingerprint density at radius 3 is 2.88 bits per heavy atom. The summed E-state index contributed by atoms with van der Waals surface area (Å²) in [5.41, 5.74) is 0.933. The van der Waals surface area contributed by atoms with Gasteiger partial charge in [0.2, 0.25) is 0 Å². The van der Waals surface area contributed by atoms with Crippen molar-refractivity contribution in [2.45, 2.75) is 32.1 Å². The van der Waals surface area contributed by atoms with Gasteiger partial charge < -0.3 is 4.74 Å². The first-order valence-corrected chi connectivity index (χ1v) is 6.06. The summed E-state index contributed by atoms with van der Waals surface area (Å²) < 4.78 is 18.3. The number of carbonyl (C=O) groups is 1. The van der Waals surface area contributed by atoms with E-state index in [0.717, 1.165) is 37.7 Å². The number of hydrogen-bond acceptors (Lipinski definition) is 2. The van der Waals surface area contributed by atoms with Gasteiger partial charge in [-0.3, -0.25) is 4.79 Å². The smallest absolute Gasteiger partial charge is 0.165 e. The lowest BCUT2D eigenvalue weighted by Gasteiger charge is -2.08. The average molecular weight is 236 g/mol. The van der Waals surface area contributed by atoms with E-state index >= 15 is 0 Å². The average Bonchev–Trinajstić information content (AvgIpc) is 2.72. The highest BCUT2D eigenvalue weighted by molar-refractivity contribution is 5.82. The maximum absolute atomic E-state index is 13.4. The van der Waals surface area contributed by atoms with Crippen LogP contribution in [0.1, 0.15) is 31.2 Å². The molecule has 0 amide bonds. The number of benzene rings is 1. The van der Waals surface area contributed by atoms with E-state index in [2.05, 4.69) is 0 Å². The van der Waals surface area contributed by atoms with Crippen molar-refractivity contribution in [1.29, 1.82) is 0 Å². The molecule has 17 heavy (non-hydrogen) atoms. The Hall–Kier alpha value is -1.38. The largest absolute Gasteiger partial charge is 0.494 e. The van der Waals surface area contributed by atoms with Gasteiger partial charge in [-0.15, -0.1) is 0 Å². The van der Waals surface area contributed by atoms with E-state index in [1.807, 2.05) is 6.07 Å². The minimum Gasteiger partial charge on any atom is -0.494 e. The van der Waals surface area contributed by atoms with Crippen LogP contribution in [-0.4, -0.2) is 12.9 Å². The van der Waals surface area contributed by atoms with Gasteiger partial charge in [0.1, 0.15) is 5.78 Å². The van der Waals surface area contributed by atoms with Gasteiger partial charge in [-0.1, -0.05) is 6.07 Å². The standard InChI is InChI=1S/C14H17FO2/c1-17-14-8-6-10(9-12(14)15)5-7-11-3-2-4-13(11)16/h6,8-9,11H,2-5,7H2,1H3. The van der Waals surface area contributed by atoms with E-state index in [1.165, 1.54) is 13.2 Å². The number of halogens is 1. The zero-order valence-electron chi connectivity index (χ0n) is 10.0. The number of ether oxygens (including phenoxy) is 1. The molecule has 1 unspecified atom stereocenters. The predicted octanol–water partition coefficient (Wildman–Crippen LogP) is 3.14. The molecule has 92 valence electrons. The Morgan fingerprint density at radius 2 is 2.29 bits per heavy atom. The molecule has 0 radical (unpaired) electrons. The van der Waals surface area contributed by atoms with Crippen molar-refractivity contribution < 1.29 is 13.9 Å². The lowest BCUT2D eigenvalue weighted by atomic mass is 9.97. The molecule has 0 heterocycles. The van der Waals surface area contributed by atoms with Gasteiger partial charge in [0.15, 0.2) is 11.6 Å². The molecular weight excluding hydrogens is 219 g/mol. The third kappa shape index (κ3) is 2.84. The van der Waals surface area contributed by atoms with E-state index in [1.54, 1.807) is 6.07 Å². The zero-order chi connectivity index (χ0) is 12.3. The van der Waals surface area contributed by atoms with Crippen molar-refractivity contribution in [3.05, 3.63) is 29.6 Å². The van der Waals surface area contributed by atoms with Crippen molar-refractivity contribution in [2.24, 2.45) is 5.92 Å². The number of methoxy groups -OCH3 is 1. The van der Waals surface area contributed by atoms with Crippen molar-refractivity contribution >= 4 is 5.78 Å². The quantitative estimate of drug-likeness (QED) is 0.802. The summed E-state index contributed by atoms with van der Waals surface area (Å²) in [6, 6.07) is 5.00. The first-order chi connectivity index (χ1) is 8.20. The van der Waals surface area contributed by atoms with Gasteiger partial charge in [0, 0.05) is 12.3 Å². The van der Waals surface area contributed by atoms with Crippen molar-refractivity contribution in [2.75, 3.05) is 7.11 Å². The minimum absolute atomic E-state index is 0.195. The molecule has 0 aliphatic heterocycles. The maximum atomic E-state index is 13.4. The van der Waals surface area contributed by atoms with Crippen LogP contribution in [0.4, 0.5) is 4.39 Å². The first kappa shape index (κ1) is 12.1. The molecule has 1 atom stereocenters. The molecule has 3 heteroatoms. The number of rotatable bonds is 4. The van der Waals surface area contributed by atoms with Crippen LogP contribution >= 0.6 is 0 Å². The van der Waals surface area contributed by atoms with Crippen molar-refractivity contribution in [3.63, 3.8) is 0 Å². The Labute approximate surface area is 101 Å². The molecule has 1 aliphatic carbocycles. The van der Waals surface area contributed by atoms with E-state index in [0.29, 0.717) is 5.78 Å². The topological polar surface area (TPSA) is 26.3 Å². The van der Waals surface area contributed by atoms with Crippen molar-refractivity contribution in [1.82, 2.24) is 0 Å². The molecule has 1 saturated carbocycles. The first-order valence-electron chi connectivity index (χ1n) is 6.06. The van der Waals surface area contributed by atoms with Crippen LogP contribution in [0.25, 0.3) is 0 Å². The van der Waals surface area contributed by atoms with E-state index in [4.69, 9.17) is 4.74 Å². The third-order valence-electron chi connectivity index (χ3n) is 3.43. The Kier molecular flexibility index (Phi) is 3.77. The Bertz CT molecular complexity index is 415. The predicted molar refractivity (Wildman–Crippen MR) is 63.6 cm³/mol. The number of carbonyl (C=O) groups excluding carboxylic acids is 1. The normalized spacial score (nSPS) is 19.6. The summed E-state index contributed by atoms with van der Waals surface area (Å²) in [5.74, 6) is 0.507. The number of aryl methyl sites for hydroxylation is 1. The van der Waals surface area contributed by atoms with Crippen LogP contribution in [0.5, 0.6) is 5.75 Å². The van der Waals surface area contributed by atoms with Gasteiger partial charge in [0.25, 0.3) is 0 Å². The highest BCUT2D eigenvalue weighted by atomic mass is 19.1. The molecule has 2 nitrogen and oxygen atoms in total. The molecule has 0 bridgehead atoms. The molecule has 2 rings (SSSR count). The lowest BCUT2D eigenvalue weighted by Crippen LogP contribution is -2.07. The second-order valence-corrected chi connectivity index (χ2v) is 4.56. The molecular formula is C14H17FO2. The van der Waals surface area contributed by atoms with Crippen molar-refractivity contribution in [3.8, 4) is 5.75 Å². The van der Waals surface area contributed by atoms with Gasteiger partial charge in [-0.05, 0) is 43.4 Å². The molecule has 1 aromatic carbocycles.